The van der Waals surface area contributed by atoms with Crippen LogP contribution in [0.5, 0.6) is 5.75 Å². The van der Waals surface area contributed by atoms with E-state index in [1.54, 1.807) is 50.5 Å². The van der Waals surface area contributed by atoms with E-state index in [1.165, 1.54) is 9.21 Å². The van der Waals surface area contributed by atoms with Gasteiger partial charge in [0.05, 0.1) is 4.90 Å². The second-order valence-electron chi connectivity index (χ2n) is 8.92. The first-order chi connectivity index (χ1) is 16.0. The summed E-state index contributed by atoms with van der Waals surface area (Å²) < 4.78 is 32.8. The van der Waals surface area contributed by atoms with E-state index in [0.29, 0.717) is 12.2 Å². The Hall–Kier alpha value is -2.95. The number of rotatable bonds is 7. The van der Waals surface area contributed by atoms with Crippen LogP contribution in [0.15, 0.2) is 53.4 Å². The third-order valence-electron chi connectivity index (χ3n) is 5.64. The van der Waals surface area contributed by atoms with Gasteiger partial charge in [0, 0.05) is 32.7 Å². The molecule has 1 heterocycles. The largest absolute Gasteiger partial charge is 0.414 e. The maximum atomic E-state index is 13.2. The molecule has 2 amide bonds. The Kier molecular flexibility index (Phi) is 7.96. The number of carbonyl (C=O) groups excluding carboxylic acids is 2. The van der Waals surface area contributed by atoms with Crippen molar-refractivity contribution in [1.29, 1.82) is 0 Å². The number of nitrogens with two attached hydrogens (primary N) is 1. The fraction of sp³-hybridized carbons (Fsp3) is 0.417. The number of nitrogens with one attached hydrogen (secondary N) is 1. The Balaban J connectivity index is 1.64. The summed E-state index contributed by atoms with van der Waals surface area (Å²) in [5.41, 5.74) is 7.93. The topological polar surface area (TPSA) is 122 Å². The second-order valence-corrected chi connectivity index (χ2v) is 10.8. The molecular weight excluding hydrogens is 456 g/mol. The molecule has 34 heavy (non-hydrogen) atoms. The summed E-state index contributed by atoms with van der Waals surface area (Å²) >= 11 is 0. The second kappa shape index (κ2) is 10.5. The van der Waals surface area contributed by atoms with Crippen LogP contribution in [-0.2, 0) is 21.2 Å². The van der Waals surface area contributed by atoms with Crippen molar-refractivity contribution < 1.29 is 22.7 Å². The lowest BCUT2D eigenvalue weighted by atomic mass is 10.1. The summed E-state index contributed by atoms with van der Waals surface area (Å²) in [6.45, 7) is 3.82. The predicted molar refractivity (Wildman–Crippen MR) is 129 cm³/mol. The first kappa shape index (κ1) is 25.7. The van der Waals surface area contributed by atoms with Gasteiger partial charge in [-0.2, -0.15) is 4.31 Å². The number of carbonyl (C=O) groups is 2. The molecule has 1 saturated heterocycles. The van der Waals surface area contributed by atoms with Crippen molar-refractivity contribution in [1.82, 2.24) is 14.5 Å². The van der Waals surface area contributed by atoms with Crippen LogP contribution in [0.1, 0.15) is 24.5 Å². The van der Waals surface area contributed by atoms with E-state index < -0.39 is 28.2 Å². The van der Waals surface area contributed by atoms with E-state index in [1.807, 2.05) is 26.0 Å². The molecule has 0 aromatic heterocycles. The van der Waals surface area contributed by atoms with Gasteiger partial charge in [-0.3, -0.25) is 4.79 Å². The molecule has 0 spiro atoms. The minimum Gasteiger partial charge on any atom is -0.410 e. The van der Waals surface area contributed by atoms with Crippen molar-refractivity contribution in [3.8, 4) is 5.75 Å². The van der Waals surface area contributed by atoms with Gasteiger partial charge in [0.15, 0.2) is 0 Å². The molecule has 2 aromatic carbocycles. The molecule has 3 N–H and O–H groups in total. The number of aryl methyl sites for hydroxylation is 1. The fourth-order valence-corrected chi connectivity index (χ4v) is 5.47. The summed E-state index contributed by atoms with van der Waals surface area (Å²) in [5, 5.41) is 2.92. The average Bonchev–Trinajstić information content (AvgIpc) is 3.18. The van der Waals surface area contributed by atoms with Crippen molar-refractivity contribution in [3.05, 3.63) is 59.7 Å². The summed E-state index contributed by atoms with van der Waals surface area (Å²) in [7, 11) is -0.645. The molecule has 0 radical (unpaired) electrons. The maximum absolute atomic E-state index is 13.2. The highest BCUT2D eigenvalue weighted by Crippen LogP contribution is 2.26. The maximum Gasteiger partial charge on any atom is 0.414 e. The monoisotopic (exact) mass is 488 g/mol. The Labute approximate surface area is 200 Å². The zero-order valence-corrected chi connectivity index (χ0v) is 20.7. The predicted octanol–water partition coefficient (Wildman–Crippen LogP) is 1.89. The normalized spacial score (nSPS) is 19.4. The zero-order valence-electron chi connectivity index (χ0n) is 19.9. The number of nitrogens with zero attached hydrogens (tertiary/aromatic N) is 2. The quantitative estimate of drug-likeness (QED) is 0.614. The summed E-state index contributed by atoms with van der Waals surface area (Å²) in [4.78, 5) is 26.2. The van der Waals surface area contributed by atoms with Crippen LogP contribution in [-0.4, -0.2) is 68.4 Å². The van der Waals surface area contributed by atoms with Gasteiger partial charge in [-0.25, -0.2) is 13.2 Å². The first-order valence-electron chi connectivity index (χ1n) is 11.1. The molecule has 3 atom stereocenters. The third kappa shape index (κ3) is 6.13. The number of benzene rings is 2. The molecule has 3 rings (SSSR count). The van der Waals surface area contributed by atoms with Gasteiger partial charge in [0.1, 0.15) is 11.8 Å². The smallest absolute Gasteiger partial charge is 0.410 e. The molecule has 9 nitrogen and oxygen atoms in total. The minimum absolute atomic E-state index is 0.0931. The van der Waals surface area contributed by atoms with E-state index in [4.69, 9.17) is 10.5 Å². The van der Waals surface area contributed by atoms with Crippen molar-refractivity contribution in [3.63, 3.8) is 0 Å². The van der Waals surface area contributed by atoms with Crippen molar-refractivity contribution in [2.24, 2.45) is 5.73 Å². The van der Waals surface area contributed by atoms with Gasteiger partial charge in [-0.15, -0.1) is 0 Å². The zero-order chi connectivity index (χ0) is 25.0. The van der Waals surface area contributed by atoms with Crippen LogP contribution in [0.2, 0.25) is 0 Å². The van der Waals surface area contributed by atoms with Gasteiger partial charge in [-0.1, -0.05) is 29.8 Å². The molecule has 184 valence electrons. The number of hydrogen-bond acceptors (Lipinski definition) is 6. The SMILES string of the molecule is Cc1ccc(S(=O)(=O)N2C[C@H](N)C[C@H]2C(=O)N[C@H](C)Cc2ccc(OC(=O)N(C)C)cc2)cc1. The molecule has 2 aromatic rings. The fourth-order valence-electron chi connectivity index (χ4n) is 3.82. The van der Waals surface area contributed by atoms with Crippen molar-refractivity contribution in [2.45, 2.75) is 49.7 Å². The van der Waals surface area contributed by atoms with Gasteiger partial charge in [-0.05, 0) is 56.5 Å². The molecule has 0 aliphatic carbocycles. The molecule has 1 fully saturated rings. The van der Waals surface area contributed by atoms with Crippen LogP contribution < -0.4 is 15.8 Å². The molecule has 1 aliphatic heterocycles. The standard InChI is InChI=1S/C24H32N4O5S/c1-16-5-11-21(12-6-16)34(31,32)28-15-19(25)14-22(28)23(29)26-17(2)13-18-7-9-20(10-8-18)33-24(30)27(3)4/h5-12,17,19,22H,13-15,25H2,1-4H3,(H,26,29)/t17-,19-,22+/m1/s1. The van der Waals surface area contributed by atoms with E-state index in [9.17, 15) is 18.0 Å². The summed E-state index contributed by atoms with van der Waals surface area (Å²) in [5.74, 6) is 0.0590. The number of hydrogen-bond donors (Lipinski definition) is 2. The van der Waals surface area contributed by atoms with E-state index >= 15 is 0 Å². The first-order valence-corrected chi connectivity index (χ1v) is 12.5. The van der Waals surface area contributed by atoms with Crippen LogP contribution in [0, 0.1) is 6.92 Å². The lowest BCUT2D eigenvalue weighted by molar-refractivity contribution is -0.124. The number of amides is 2. The molecular formula is C24H32N4O5S. The van der Waals surface area contributed by atoms with Gasteiger partial charge in [0.25, 0.3) is 0 Å². The highest BCUT2D eigenvalue weighted by molar-refractivity contribution is 7.89. The average molecular weight is 489 g/mol. The van der Waals surface area contributed by atoms with Gasteiger partial charge in [0.2, 0.25) is 15.9 Å². The van der Waals surface area contributed by atoms with Crippen molar-refractivity contribution in [2.75, 3.05) is 20.6 Å². The molecule has 10 heteroatoms. The van der Waals surface area contributed by atoms with E-state index in [2.05, 4.69) is 5.32 Å². The van der Waals surface area contributed by atoms with Crippen LogP contribution in [0.4, 0.5) is 4.79 Å². The van der Waals surface area contributed by atoms with Crippen molar-refractivity contribution >= 4 is 22.0 Å². The summed E-state index contributed by atoms with van der Waals surface area (Å²) in [6, 6.07) is 12.1. The Morgan fingerprint density at radius 1 is 1.15 bits per heavy atom. The number of sulfonamides is 1. The molecule has 0 unspecified atom stereocenters. The van der Waals surface area contributed by atoms with Gasteiger partial charge < -0.3 is 20.7 Å². The van der Waals surface area contributed by atoms with Crippen LogP contribution >= 0.6 is 0 Å². The van der Waals surface area contributed by atoms with E-state index in [-0.39, 0.29) is 29.8 Å². The molecule has 0 bridgehead atoms. The lowest BCUT2D eigenvalue weighted by Gasteiger charge is -2.25. The lowest BCUT2D eigenvalue weighted by Crippen LogP contribution is -2.48. The van der Waals surface area contributed by atoms with E-state index in [0.717, 1.165) is 11.1 Å². The minimum atomic E-state index is -3.85. The molecule has 0 saturated carbocycles. The third-order valence-corrected chi connectivity index (χ3v) is 7.53. The van der Waals surface area contributed by atoms with Crippen LogP contribution in [0.3, 0.4) is 0 Å². The Morgan fingerprint density at radius 2 is 1.76 bits per heavy atom. The highest BCUT2D eigenvalue weighted by atomic mass is 32.2. The highest BCUT2D eigenvalue weighted by Gasteiger charge is 2.43. The van der Waals surface area contributed by atoms with Gasteiger partial charge >= 0.3 is 6.09 Å². The number of ether oxygens (including phenoxy) is 1. The Bertz CT molecular complexity index is 1120. The van der Waals surface area contributed by atoms with Crippen LogP contribution in [0.25, 0.3) is 0 Å². The Morgan fingerprint density at radius 3 is 2.35 bits per heavy atom. The molecule has 1 aliphatic rings. The summed E-state index contributed by atoms with van der Waals surface area (Å²) in [6.07, 6.45) is 0.320.